The van der Waals surface area contributed by atoms with E-state index >= 15 is 0 Å². The number of hydrogen-bond acceptors (Lipinski definition) is 1. The second-order valence-electron chi connectivity index (χ2n) is 3.07. The number of rotatable bonds is 1. The zero-order chi connectivity index (χ0) is 10.1. The highest BCUT2D eigenvalue weighted by Crippen LogP contribution is 2.16. The van der Waals surface area contributed by atoms with Crippen LogP contribution in [0.5, 0.6) is 0 Å². The van der Waals surface area contributed by atoms with Crippen LogP contribution in [0.2, 0.25) is 0 Å². The minimum atomic E-state index is 0.727. The van der Waals surface area contributed by atoms with E-state index in [0.717, 1.165) is 10.5 Å². The molecule has 2 rings (SSSR count). The summed E-state index contributed by atoms with van der Waals surface area (Å²) >= 11 is 7.48. The minimum Gasteiger partial charge on any atom is -0.337 e. The highest BCUT2D eigenvalue weighted by Gasteiger charge is 1.99. The van der Waals surface area contributed by atoms with Gasteiger partial charge in [-0.3, -0.25) is 4.57 Å². The molecule has 0 radical (unpaired) electrons. The van der Waals surface area contributed by atoms with Gasteiger partial charge >= 0.3 is 0 Å². The summed E-state index contributed by atoms with van der Waals surface area (Å²) in [6.45, 7) is 2.10. The van der Waals surface area contributed by atoms with Crippen LogP contribution in [0.25, 0.3) is 5.69 Å². The molecule has 0 atom stereocenters. The molecule has 0 unspecified atom stereocenters. The number of nitrogens with zero attached hydrogens (tertiary/aromatic N) is 1. The second kappa shape index (κ2) is 3.86. The van der Waals surface area contributed by atoms with Gasteiger partial charge in [0.05, 0.1) is 0 Å². The van der Waals surface area contributed by atoms with Crippen LogP contribution in [0.15, 0.2) is 30.6 Å². The van der Waals surface area contributed by atoms with Gasteiger partial charge in [-0.15, -0.1) is 0 Å². The topological polar surface area (TPSA) is 20.7 Å². The maximum atomic E-state index is 5.15. The molecular formula is C10H9IN2S. The fraction of sp³-hybridized carbons (Fsp3) is 0.100. The van der Waals surface area contributed by atoms with Gasteiger partial charge in [0, 0.05) is 21.7 Å². The zero-order valence-electron chi connectivity index (χ0n) is 7.62. The van der Waals surface area contributed by atoms with E-state index in [1.807, 2.05) is 17.0 Å². The summed E-state index contributed by atoms with van der Waals surface area (Å²) in [6.07, 6.45) is 3.78. The van der Waals surface area contributed by atoms with Crippen LogP contribution < -0.4 is 0 Å². The van der Waals surface area contributed by atoms with E-state index in [2.05, 4.69) is 52.7 Å². The summed E-state index contributed by atoms with van der Waals surface area (Å²) in [7, 11) is 0. The number of H-pyrrole nitrogens is 1. The molecule has 1 N–H and O–H groups in total. The molecule has 0 amide bonds. The first-order valence-corrected chi connectivity index (χ1v) is 5.70. The third kappa shape index (κ3) is 1.76. The fourth-order valence-corrected chi connectivity index (χ4v) is 1.99. The summed E-state index contributed by atoms with van der Waals surface area (Å²) < 4.78 is 3.93. The Hall–Kier alpha value is -0.620. The van der Waals surface area contributed by atoms with Crippen LogP contribution >= 0.6 is 34.8 Å². The Morgan fingerprint density at radius 2 is 2.21 bits per heavy atom. The second-order valence-corrected chi connectivity index (χ2v) is 4.62. The average molecular weight is 316 g/mol. The molecule has 0 bridgehead atoms. The van der Waals surface area contributed by atoms with Gasteiger partial charge in [-0.2, -0.15) is 0 Å². The van der Waals surface area contributed by atoms with Crippen LogP contribution in [-0.2, 0) is 0 Å². The number of halogens is 1. The van der Waals surface area contributed by atoms with E-state index < -0.39 is 0 Å². The monoisotopic (exact) mass is 316 g/mol. The molecule has 72 valence electrons. The fourth-order valence-electron chi connectivity index (χ4n) is 1.26. The predicted molar refractivity (Wildman–Crippen MR) is 68.4 cm³/mol. The van der Waals surface area contributed by atoms with Gasteiger partial charge in [-0.1, -0.05) is 6.07 Å². The number of aryl methyl sites for hydroxylation is 1. The Bertz CT molecular complexity index is 513. The molecule has 0 fully saturated rings. The Labute approximate surface area is 101 Å². The number of aromatic amines is 1. The van der Waals surface area contributed by atoms with Crippen molar-refractivity contribution >= 4 is 34.8 Å². The first-order chi connectivity index (χ1) is 6.68. The molecule has 1 aromatic heterocycles. The van der Waals surface area contributed by atoms with Gasteiger partial charge in [0.1, 0.15) is 0 Å². The number of imidazole rings is 1. The lowest BCUT2D eigenvalue weighted by Crippen LogP contribution is -1.93. The first-order valence-electron chi connectivity index (χ1n) is 4.21. The third-order valence-electron chi connectivity index (χ3n) is 2.08. The van der Waals surface area contributed by atoms with Crippen molar-refractivity contribution in [1.29, 1.82) is 0 Å². The molecule has 0 saturated heterocycles. The van der Waals surface area contributed by atoms with Crippen LogP contribution in [0.1, 0.15) is 5.56 Å². The van der Waals surface area contributed by atoms with Crippen molar-refractivity contribution in [1.82, 2.24) is 9.55 Å². The molecule has 1 heterocycles. The maximum absolute atomic E-state index is 5.15. The van der Waals surface area contributed by atoms with Crippen molar-refractivity contribution in [2.75, 3.05) is 0 Å². The molecule has 0 aliphatic heterocycles. The molecule has 4 heteroatoms. The predicted octanol–water partition coefficient (Wildman–Crippen LogP) is 3.45. The van der Waals surface area contributed by atoms with Gasteiger partial charge in [0.2, 0.25) is 0 Å². The van der Waals surface area contributed by atoms with Crippen LogP contribution in [0.4, 0.5) is 0 Å². The molecule has 0 spiro atoms. The van der Waals surface area contributed by atoms with Crippen molar-refractivity contribution in [3.05, 3.63) is 44.5 Å². The largest absolute Gasteiger partial charge is 0.337 e. The number of hydrogen-bond donors (Lipinski definition) is 1. The van der Waals surface area contributed by atoms with E-state index in [9.17, 15) is 0 Å². The molecular weight excluding hydrogens is 307 g/mol. The number of aromatic nitrogens is 2. The molecule has 14 heavy (non-hydrogen) atoms. The normalized spacial score (nSPS) is 10.4. The van der Waals surface area contributed by atoms with Crippen LogP contribution in [0, 0.1) is 15.3 Å². The van der Waals surface area contributed by atoms with Gasteiger partial charge in [0.25, 0.3) is 0 Å². The molecule has 0 aliphatic rings. The quantitative estimate of drug-likeness (QED) is 0.631. The molecule has 1 aromatic carbocycles. The van der Waals surface area contributed by atoms with Gasteiger partial charge in [-0.05, 0) is 59.4 Å². The molecule has 2 aromatic rings. The van der Waals surface area contributed by atoms with Gasteiger partial charge in [-0.25, -0.2) is 0 Å². The van der Waals surface area contributed by atoms with E-state index in [1.54, 1.807) is 0 Å². The first kappa shape index (κ1) is 9.92. The van der Waals surface area contributed by atoms with Gasteiger partial charge in [0.15, 0.2) is 4.77 Å². The average Bonchev–Trinajstić information content (AvgIpc) is 2.57. The van der Waals surface area contributed by atoms with E-state index in [1.165, 1.54) is 9.13 Å². The smallest absolute Gasteiger partial charge is 0.181 e. The van der Waals surface area contributed by atoms with Crippen molar-refractivity contribution in [3.8, 4) is 5.69 Å². The highest BCUT2D eigenvalue weighted by molar-refractivity contribution is 14.1. The van der Waals surface area contributed by atoms with E-state index in [4.69, 9.17) is 12.2 Å². The summed E-state index contributed by atoms with van der Waals surface area (Å²) in [5.41, 5.74) is 2.39. The SMILES string of the molecule is Cc1ccc(-n2cc[nH]c2=S)cc1I. The lowest BCUT2D eigenvalue weighted by molar-refractivity contribution is 1.03. The Kier molecular flexibility index (Phi) is 2.73. The lowest BCUT2D eigenvalue weighted by Gasteiger charge is -2.04. The van der Waals surface area contributed by atoms with Crippen molar-refractivity contribution in [3.63, 3.8) is 0 Å². The molecule has 0 aliphatic carbocycles. The highest BCUT2D eigenvalue weighted by atomic mass is 127. The minimum absolute atomic E-state index is 0.727. The standard InChI is InChI=1S/C10H9IN2S/c1-7-2-3-8(6-9(7)11)13-5-4-12-10(13)14/h2-6H,1H3,(H,12,14). The van der Waals surface area contributed by atoms with E-state index in [-0.39, 0.29) is 0 Å². The summed E-state index contributed by atoms with van der Waals surface area (Å²) in [5, 5.41) is 0. The van der Waals surface area contributed by atoms with Crippen molar-refractivity contribution in [2.45, 2.75) is 6.92 Å². The summed E-state index contributed by atoms with van der Waals surface area (Å²) in [6, 6.07) is 6.30. The Balaban J connectivity index is 2.59. The van der Waals surface area contributed by atoms with E-state index in [0.29, 0.717) is 0 Å². The van der Waals surface area contributed by atoms with Gasteiger partial charge < -0.3 is 4.98 Å². The van der Waals surface area contributed by atoms with Crippen LogP contribution in [-0.4, -0.2) is 9.55 Å². The van der Waals surface area contributed by atoms with Crippen molar-refractivity contribution < 1.29 is 0 Å². The molecule has 0 saturated carbocycles. The number of nitrogens with one attached hydrogen (secondary N) is 1. The molecule has 2 nitrogen and oxygen atoms in total. The Morgan fingerprint density at radius 3 is 2.79 bits per heavy atom. The van der Waals surface area contributed by atoms with Crippen LogP contribution in [0.3, 0.4) is 0 Å². The van der Waals surface area contributed by atoms with Crippen molar-refractivity contribution in [2.24, 2.45) is 0 Å². The summed E-state index contributed by atoms with van der Waals surface area (Å²) in [5.74, 6) is 0. The lowest BCUT2D eigenvalue weighted by atomic mass is 10.2. The third-order valence-corrected chi connectivity index (χ3v) is 3.56. The zero-order valence-corrected chi connectivity index (χ0v) is 10.6. The Morgan fingerprint density at radius 1 is 1.43 bits per heavy atom. The number of benzene rings is 1. The maximum Gasteiger partial charge on any atom is 0.181 e. The summed E-state index contributed by atoms with van der Waals surface area (Å²) in [4.78, 5) is 2.98.